The van der Waals surface area contributed by atoms with E-state index in [4.69, 9.17) is 11.6 Å². The molecule has 0 aromatic heterocycles. The minimum Gasteiger partial charge on any atom is -0.478 e. The number of nitro groups is 1. The van der Waals surface area contributed by atoms with E-state index < -0.39 is 10.9 Å². The number of non-ortho nitro benzene ring substituents is 1. The van der Waals surface area contributed by atoms with Gasteiger partial charge in [0.15, 0.2) is 0 Å². The molecular weight excluding hydrogens is 284 g/mol. The molecule has 0 fully saturated rings. The molecule has 1 rings (SSSR count). The number of hydrogen-bond acceptors (Lipinski definition) is 4. The maximum Gasteiger partial charge on any atom is 0.338 e. The van der Waals surface area contributed by atoms with Crippen LogP contribution in [-0.4, -0.2) is 28.6 Å². The van der Waals surface area contributed by atoms with Crippen LogP contribution >= 0.6 is 11.6 Å². The highest BCUT2D eigenvalue weighted by atomic mass is 35.5. The monoisotopic (exact) mass is 300 g/mol. The first-order chi connectivity index (χ1) is 9.29. The Labute approximate surface area is 122 Å². The Morgan fingerprint density at radius 1 is 1.50 bits per heavy atom. The highest BCUT2D eigenvalue weighted by molar-refractivity contribution is 6.34. The first-order valence-electron chi connectivity index (χ1n) is 6.27. The van der Waals surface area contributed by atoms with Gasteiger partial charge in [-0.05, 0) is 20.3 Å². The summed E-state index contributed by atoms with van der Waals surface area (Å²) in [5, 5.41) is 20.2. The van der Waals surface area contributed by atoms with E-state index in [1.54, 1.807) is 0 Å². The number of anilines is 1. The molecule has 7 heteroatoms. The Balaban J connectivity index is 3.51. The third-order valence-corrected chi connectivity index (χ3v) is 3.15. The fourth-order valence-electron chi connectivity index (χ4n) is 2.01. The predicted octanol–water partition coefficient (Wildman–Crippen LogP) is 3.57. The van der Waals surface area contributed by atoms with Crippen molar-refractivity contribution in [3.8, 4) is 0 Å². The maximum atomic E-state index is 11.4. The van der Waals surface area contributed by atoms with Gasteiger partial charge in [-0.1, -0.05) is 18.5 Å². The second-order valence-electron chi connectivity index (χ2n) is 4.67. The van der Waals surface area contributed by atoms with Gasteiger partial charge in [-0.25, -0.2) is 4.79 Å². The molecule has 0 aliphatic heterocycles. The number of hydrogen-bond donors (Lipinski definition) is 1. The van der Waals surface area contributed by atoms with E-state index in [1.165, 1.54) is 6.07 Å². The zero-order valence-corrected chi connectivity index (χ0v) is 12.3. The van der Waals surface area contributed by atoms with Gasteiger partial charge in [0.05, 0.1) is 21.2 Å². The zero-order chi connectivity index (χ0) is 15.4. The molecule has 1 N–H and O–H groups in total. The SMILES string of the molecule is CCCN(c1c(Cl)cc([N+](=O)[O-])cc1C(=O)O)C(C)C. The molecule has 110 valence electrons. The number of aromatic carboxylic acids is 1. The molecule has 6 nitrogen and oxygen atoms in total. The molecule has 0 saturated carbocycles. The molecule has 0 unspecified atom stereocenters. The fourth-order valence-corrected chi connectivity index (χ4v) is 2.34. The highest BCUT2D eigenvalue weighted by Crippen LogP contribution is 2.35. The summed E-state index contributed by atoms with van der Waals surface area (Å²) in [6.45, 7) is 6.42. The average molecular weight is 301 g/mol. The number of nitrogens with zero attached hydrogens (tertiary/aromatic N) is 2. The number of nitro benzene ring substituents is 1. The number of halogens is 1. The van der Waals surface area contributed by atoms with Crippen molar-refractivity contribution in [1.82, 2.24) is 0 Å². The molecule has 0 radical (unpaired) electrons. The van der Waals surface area contributed by atoms with Crippen LogP contribution in [0.3, 0.4) is 0 Å². The lowest BCUT2D eigenvalue weighted by Crippen LogP contribution is -2.33. The van der Waals surface area contributed by atoms with Crippen molar-refractivity contribution in [3.05, 3.63) is 32.8 Å². The fraction of sp³-hybridized carbons (Fsp3) is 0.462. The van der Waals surface area contributed by atoms with Crippen molar-refractivity contribution in [2.45, 2.75) is 33.2 Å². The Bertz CT molecular complexity index is 531. The third kappa shape index (κ3) is 3.39. The number of carboxylic acid groups (broad SMARTS) is 1. The van der Waals surface area contributed by atoms with Crippen molar-refractivity contribution < 1.29 is 14.8 Å². The molecule has 1 aromatic rings. The smallest absolute Gasteiger partial charge is 0.338 e. The van der Waals surface area contributed by atoms with E-state index >= 15 is 0 Å². The maximum absolute atomic E-state index is 11.4. The van der Waals surface area contributed by atoms with E-state index in [9.17, 15) is 20.0 Å². The summed E-state index contributed by atoms with van der Waals surface area (Å²) in [6, 6.07) is 2.27. The van der Waals surface area contributed by atoms with E-state index in [2.05, 4.69) is 0 Å². The van der Waals surface area contributed by atoms with Gasteiger partial charge < -0.3 is 10.0 Å². The Hall–Kier alpha value is -1.82. The van der Waals surface area contributed by atoms with Crippen LogP contribution in [0.1, 0.15) is 37.6 Å². The quantitative estimate of drug-likeness (QED) is 0.641. The summed E-state index contributed by atoms with van der Waals surface area (Å²) in [6.07, 6.45) is 0.810. The van der Waals surface area contributed by atoms with Gasteiger partial charge in [0, 0.05) is 24.7 Å². The number of carbonyl (C=O) groups is 1. The van der Waals surface area contributed by atoms with Crippen molar-refractivity contribution in [3.63, 3.8) is 0 Å². The highest BCUT2D eigenvalue weighted by Gasteiger charge is 2.25. The van der Waals surface area contributed by atoms with Crippen molar-refractivity contribution in [2.24, 2.45) is 0 Å². The minimum atomic E-state index is -1.23. The lowest BCUT2D eigenvalue weighted by atomic mass is 10.1. The third-order valence-electron chi connectivity index (χ3n) is 2.86. The van der Waals surface area contributed by atoms with E-state index in [-0.39, 0.29) is 22.3 Å². The summed E-state index contributed by atoms with van der Waals surface area (Å²) in [5.41, 5.74) is -0.135. The van der Waals surface area contributed by atoms with Crippen LogP contribution in [0.25, 0.3) is 0 Å². The summed E-state index contributed by atoms with van der Waals surface area (Å²) >= 11 is 6.09. The van der Waals surface area contributed by atoms with Crippen LogP contribution in [0.4, 0.5) is 11.4 Å². The summed E-state index contributed by atoms with van der Waals surface area (Å²) in [4.78, 5) is 23.4. The molecule has 0 amide bonds. The van der Waals surface area contributed by atoms with E-state index in [0.717, 1.165) is 12.5 Å². The largest absolute Gasteiger partial charge is 0.478 e. The molecule has 0 atom stereocenters. The Morgan fingerprint density at radius 3 is 2.50 bits per heavy atom. The average Bonchev–Trinajstić information content (AvgIpc) is 2.35. The van der Waals surface area contributed by atoms with Gasteiger partial charge in [-0.2, -0.15) is 0 Å². The second kappa shape index (κ2) is 6.56. The second-order valence-corrected chi connectivity index (χ2v) is 5.08. The van der Waals surface area contributed by atoms with Gasteiger partial charge in [0.25, 0.3) is 5.69 Å². The van der Waals surface area contributed by atoms with Crippen LogP contribution in [-0.2, 0) is 0 Å². The van der Waals surface area contributed by atoms with Gasteiger partial charge in [0.1, 0.15) is 0 Å². The molecule has 0 aliphatic rings. The van der Waals surface area contributed by atoms with Crippen molar-refractivity contribution >= 4 is 28.9 Å². The molecule has 0 saturated heterocycles. The zero-order valence-electron chi connectivity index (χ0n) is 11.6. The lowest BCUT2D eigenvalue weighted by Gasteiger charge is -2.30. The molecule has 0 heterocycles. The number of benzene rings is 1. The van der Waals surface area contributed by atoms with Gasteiger partial charge >= 0.3 is 5.97 Å². The topological polar surface area (TPSA) is 83.7 Å². The molecule has 0 aliphatic carbocycles. The van der Waals surface area contributed by atoms with Crippen LogP contribution in [0.15, 0.2) is 12.1 Å². The first-order valence-corrected chi connectivity index (χ1v) is 6.65. The van der Waals surface area contributed by atoms with Crippen LogP contribution < -0.4 is 4.90 Å². The molecule has 20 heavy (non-hydrogen) atoms. The molecular formula is C13H17ClN2O4. The first kappa shape index (κ1) is 16.2. The summed E-state index contributed by atoms with van der Waals surface area (Å²) in [7, 11) is 0. The summed E-state index contributed by atoms with van der Waals surface area (Å²) < 4.78 is 0. The minimum absolute atomic E-state index is 0.0343. The Morgan fingerprint density at radius 2 is 2.10 bits per heavy atom. The number of rotatable bonds is 6. The predicted molar refractivity (Wildman–Crippen MR) is 77.8 cm³/mol. The summed E-state index contributed by atoms with van der Waals surface area (Å²) in [5.74, 6) is -1.23. The van der Waals surface area contributed by atoms with Crippen molar-refractivity contribution in [2.75, 3.05) is 11.4 Å². The van der Waals surface area contributed by atoms with Crippen LogP contribution in [0.5, 0.6) is 0 Å². The van der Waals surface area contributed by atoms with Gasteiger partial charge in [-0.3, -0.25) is 10.1 Å². The Kier molecular flexibility index (Phi) is 5.33. The van der Waals surface area contributed by atoms with Crippen LogP contribution in [0.2, 0.25) is 5.02 Å². The molecule has 1 aromatic carbocycles. The van der Waals surface area contributed by atoms with Crippen LogP contribution in [0, 0.1) is 10.1 Å². The van der Waals surface area contributed by atoms with Gasteiger partial charge in [0.2, 0.25) is 0 Å². The van der Waals surface area contributed by atoms with E-state index in [1.807, 2.05) is 25.7 Å². The van der Waals surface area contributed by atoms with Gasteiger partial charge in [-0.15, -0.1) is 0 Å². The lowest BCUT2D eigenvalue weighted by molar-refractivity contribution is -0.384. The normalized spacial score (nSPS) is 10.7. The number of carboxylic acids is 1. The standard InChI is InChI=1S/C13H17ClN2O4/c1-4-5-15(8(2)3)12-10(13(17)18)6-9(16(19)20)7-11(12)14/h6-8H,4-5H2,1-3H3,(H,17,18). The van der Waals surface area contributed by atoms with Crippen molar-refractivity contribution in [1.29, 1.82) is 0 Å². The molecule has 0 bridgehead atoms. The van der Waals surface area contributed by atoms with E-state index in [0.29, 0.717) is 12.2 Å². The molecule has 0 spiro atoms.